The lowest BCUT2D eigenvalue weighted by atomic mass is 10.0. The van der Waals surface area contributed by atoms with Gasteiger partial charge in [-0.3, -0.25) is 0 Å². The van der Waals surface area contributed by atoms with E-state index in [-0.39, 0.29) is 0 Å². The molecule has 0 saturated heterocycles. The highest BCUT2D eigenvalue weighted by atomic mass is 16.5. The molecule has 256 valence electrons. The molecule has 0 saturated carbocycles. The van der Waals surface area contributed by atoms with Crippen LogP contribution in [-0.4, -0.2) is 26.8 Å². The first kappa shape index (κ1) is 35.0. The fraction of sp³-hybridized carbons (Fsp3) is 0.156. The fourth-order valence-electron chi connectivity index (χ4n) is 6.33. The number of aldehydes is 2. The van der Waals surface area contributed by atoms with E-state index in [1.165, 1.54) is 0 Å². The Hall–Kier alpha value is -5.82. The van der Waals surface area contributed by atoms with Crippen LogP contribution in [0, 0.1) is 6.92 Å². The second kappa shape index (κ2) is 16.7. The molecule has 6 aromatic rings. The van der Waals surface area contributed by atoms with Crippen molar-refractivity contribution in [3.8, 4) is 11.1 Å². The van der Waals surface area contributed by atoms with Gasteiger partial charge in [0, 0.05) is 61.2 Å². The Morgan fingerprint density at radius 1 is 0.451 bits per heavy atom. The fourth-order valence-corrected chi connectivity index (χ4v) is 6.33. The van der Waals surface area contributed by atoms with Crippen LogP contribution in [0.2, 0.25) is 0 Å². The molecule has 0 spiro atoms. The average Bonchev–Trinajstić information content (AvgIpc) is 3.16. The minimum absolute atomic E-state index is 0.393. The highest BCUT2D eigenvalue weighted by Crippen LogP contribution is 2.40. The molecule has 0 heterocycles. The molecule has 6 rings (SSSR count). The number of carbonyl (C=O) groups excluding carboxylic acids is 2. The number of methoxy groups -OCH3 is 2. The molecule has 0 aliphatic heterocycles. The van der Waals surface area contributed by atoms with Crippen LogP contribution >= 0.6 is 0 Å². The Balaban J connectivity index is 1.33. The van der Waals surface area contributed by atoms with Gasteiger partial charge < -0.3 is 28.9 Å². The topological polar surface area (TPSA) is 59.1 Å². The van der Waals surface area contributed by atoms with Crippen LogP contribution in [0.3, 0.4) is 0 Å². The monoisotopic (exact) mass is 674 g/mol. The Morgan fingerprint density at radius 3 is 1.18 bits per heavy atom. The first-order valence-corrected chi connectivity index (χ1v) is 17.0. The molecule has 0 unspecified atom stereocenters. The van der Waals surface area contributed by atoms with Gasteiger partial charge in [0.25, 0.3) is 0 Å². The Kier molecular flexibility index (Phi) is 11.5. The summed E-state index contributed by atoms with van der Waals surface area (Å²) in [5.74, 6) is 0. The van der Waals surface area contributed by atoms with Crippen LogP contribution in [0.1, 0.15) is 27.8 Å². The smallest absolute Gasteiger partial charge is 0.124 e. The number of nitrogens with zero attached hydrogens (tertiary/aromatic N) is 2. The van der Waals surface area contributed by atoms with Gasteiger partial charge in [0.05, 0.1) is 13.2 Å². The number of hydrogen-bond acceptors (Lipinski definition) is 6. The second-order valence-corrected chi connectivity index (χ2v) is 12.5. The zero-order valence-electron chi connectivity index (χ0n) is 29.3. The van der Waals surface area contributed by atoms with Crippen molar-refractivity contribution >= 4 is 46.7 Å². The van der Waals surface area contributed by atoms with Gasteiger partial charge in [-0.05, 0) is 119 Å². The Labute approximate surface area is 300 Å². The molecular formula is C45H42N2O4. The van der Waals surface area contributed by atoms with Gasteiger partial charge >= 0.3 is 0 Å². The maximum absolute atomic E-state index is 11.1. The van der Waals surface area contributed by atoms with E-state index in [9.17, 15) is 9.59 Å². The van der Waals surface area contributed by atoms with Crippen molar-refractivity contribution in [3.05, 3.63) is 167 Å². The van der Waals surface area contributed by atoms with E-state index in [2.05, 4.69) is 132 Å². The van der Waals surface area contributed by atoms with E-state index < -0.39 is 0 Å². The summed E-state index contributed by atoms with van der Waals surface area (Å²) in [6.45, 7) is 3.25. The maximum Gasteiger partial charge on any atom is 0.124 e. The quantitative estimate of drug-likeness (QED) is 0.101. The molecule has 0 aliphatic rings. The van der Waals surface area contributed by atoms with Gasteiger partial charge in [0.1, 0.15) is 12.6 Å². The zero-order valence-corrected chi connectivity index (χ0v) is 29.3. The van der Waals surface area contributed by atoms with Gasteiger partial charge in [-0.1, -0.05) is 66.7 Å². The lowest BCUT2D eigenvalue weighted by Crippen LogP contribution is -2.11. The van der Waals surface area contributed by atoms with E-state index in [0.29, 0.717) is 26.1 Å². The third-order valence-electron chi connectivity index (χ3n) is 8.93. The molecule has 0 atom stereocenters. The minimum Gasteiger partial charge on any atom is -0.380 e. The molecule has 0 aromatic heterocycles. The SMILES string of the molecule is COCc1ccc(N(c2ccc(CC=O)cc2)c2ccc(-c3ccc(N(c4ccc(CC=O)cc4)c4ccc(COC)cc4)c(C)c3)cc2)cc1. The summed E-state index contributed by atoms with van der Waals surface area (Å²) < 4.78 is 10.7. The molecule has 6 aromatic carbocycles. The van der Waals surface area contributed by atoms with Crippen molar-refractivity contribution in [3.63, 3.8) is 0 Å². The molecule has 6 heteroatoms. The van der Waals surface area contributed by atoms with Crippen molar-refractivity contribution in [1.29, 1.82) is 0 Å². The van der Waals surface area contributed by atoms with E-state index in [1.807, 2.05) is 24.3 Å². The predicted octanol–water partition coefficient (Wildman–Crippen LogP) is 10.4. The van der Waals surface area contributed by atoms with Crippen molar-refractivity contribution in [2.45, 2.75) is 33.0 Å². The standard InChI is InChI=1S/C45H42N2O4/c1-33-30-39(14-25-45(33)47(43-17-6-35(7-18-43)27-29-49)44-21-10-37(11-22-44)32-51-3)38-12-23-42(24-13-38)46(40-15-4-34(5-16-40)26-28-48)41-19-8-36(9-20-41)31-50-2/h4-25,28-30H,26-27,31-32H2,1-3H3. The van der Waals surface area contributed by atoms with Crippen molar-refractivity contribution < 1.29 is 19.1 Å². The lowest BCUT2D eigenvalue weighted by molar-refractivity contribution is -0.108. The Morgan fingerprint density at radius 2 is 0.804 bits per heavy atom. The number of anilines is 6. The predicted molar refractivity (Wildman–Crippen MR) is 207 cm³/mol. The summed E-state index contributed by atoms with van der Waals surface area (Å²) in [4.78, 5) is 26.7. The number of ether oxygens (including phenoxy) is 2. The lowest BCUT2D eigenvalue weighted by Gasteiger charge is -2.28. The van der Waals surface area contributed by atoms with Gasteiger partial charge in [-0.2, -0.15) is 0 Å². The normalized spacial score (nSPS) is 10.9. The van der Waals surface area contributed by atoms with Gasteiger partial charge in [-0.15, -0.1) is 0 Å². The minimum atomic E-state index is 0.393. The average molecular weight is 675 g/mol. The van der Waals surface area contributed by atoms with Crippen molar-refractivity contribution in [1.82, 2.24) is 0 Å². The maximum atomic E-state index is 11.1. The number of hydrogen-bond donors (Lipinski definition) is 0. The third-order valence-corrected chi connectivity index (χ3v) is 8.93. The van der Waals surface area contributed by atoms with Crippen LogP contribution < -0.4 is 9.80 Å². The molecule has 0 bridgehead atoms. The molecule has 51 heavy (non-hydrogen) atoms. The molecule has 0 fully saturated rings. The largest absolute Gasteiger partial charge is 0.380 e. The van der Waals surface area contributed by atoms with E-state index >= 15 is 0 Å². The number of benzene rings is 6. The van der Waals surface area contributed by atoms with Crippen LogP contribution in [0.5, 0.6) is 0 Å². The van der Waals surface area contributed by atoms with Crippen LogP contribution in [-0.2, 0) is 45.1 Å². The van der Waals surface area contributed by atoms with E-state index in [4.69, 9.17) is 9.47 Å². The summed E-state index contributed by atoms with van der Waals surface area (Å²) in [6.07, 6.45) is 2.65. The highest BCUT2D eigenvalue weighted by Gasteiger charge is 2.17. The van der Waals surface area contributed by atoms with Crippen LogP contribution in [0.15, 0.2) is 140 Å². The summed E-state index contributed by atoms with van der Waals surface area (Å²) in [7, 11) is 3.40. The van der Waals surface area contributed by atoms with Gasteiger partial charge in [0.2, 0.25) is 0 Å². The zero-order chi connectivity index (χ0) is 35.6. The summed E-state index contributed by atoms with van der Waals surface area (Å²) in [5.41, 5.74) is 13.7. The summed E-state index contributed by atoms with van der Waals surface area (Å²) in [5, 5.41) is 0. The number of aryl methyl sites for hydroxylation is 1. The highest BCUT2D eigenvalue weighted by molar-refractivity contribution is 5.82. The Bertz CT molecular complexity index is 2040. The van der Waals surface area contributed by atoms with Gasteiger partial charge in [0.15, 0.2) is 0 Å². The van der Waals surface area contributed by atoms with Crippen LogP contribution in [0.4, 0.5) is 34.1 Å². The summed E-state index contributed by atoms with van der Waals surface area (Å²) in [6, 6.07) is 48.3. The first-order valence-electron chi connectivity index (χ1n) is 17.0. The van der Waals surface area contributed by atoms with E-state index in [0.717, 1.165) is 85.6 Å². The third kappa shape index (κ3) is 8.32. The molecular weight excluding hydrogens is 633 g/mol. The molecule has 0 amide bonds. The molecule has 6 nitrogen and oxygen atoms in total. The summed E-state index contributed by atoms with van der Waals surface area (Å²) >= 11 is 0. The first-order chi connectivity index (χ1) is 25.0. The van der Waals surface area contributed by atoms with Crippen molar-refractivity contribution in [2.75, 3.05) is 24.0 Å². The van der Waals surface area contributed by atoms with Crippen molar-refractivity contribution in [2.24, 2.45) is 0 Å². The van der Waals surface area contributed by atoms with Gasteiger partial charge in [-0.25, -0.2) is 0 Å². The number of rotatable bonds is 15. The molecule has 0 N–H and O–H groups in total. The second-order valence-electron chi connectivity index (χ2n) is 12.5. The van der Waals surface area contributed by atoms with Crippen LogP contribution in [0.25, 0.3) is 11.1 Å². The molecule has 0 aliphatic carbocycles. The number of carbonyl (C=O) groups is 2. The molecule has 0 radical (unpaired) electrons. The van der Waals surface area contributed by atoms with E-state index in [1.54, 1.807) is 14.2 Å².